The van der Waals surface area contributed by atoms with Crippen LogP contribution in [0.2, 0.25) is 0 Å². The molecule has 0 spiro atoms. The first kappa shape index (κ1) is 30.6. The van der Waals surface area contributed by atoms with Crippen LogP contribution in [-0.2, 0) is 5.41 Å². The molecule has 0 saturated carbocycles. The van der Waals surface area contributed by atoms with Gasteiger partial charge in [-0.15, -0.1) is 0 Å². The minimum Gasteiger partial charge on any atom is -0.0622 e. The van der Waals surface area contributed by atoms with Crippen molar-refractivity contribution in [2.45, 2.75) is 26.2 Å². The molecule has 0 saturated heterocycles. The van der Waals surface area contributed by atoms with Crippen LogP contribution >= 0.6 is 0 Å². The van der Waals surface area contributed by atoms with E-state index in [2.05, 4.69) is 197 Å². The SMILES string of the molecule is CC(C)(C)c1ccc2c(-c3cccc(-c4ccc5ccc6cccc7ccc4c5c67)c3)c3ccccc3c(-c3ccccc3-c3ccccc3)c2c1. The van der Waals surface area contributed by atoms with Crippen molar-refractivity contribution in [1.29, 1.82) is 0 Å². The second-order valence-electron chi connectivity index (χ2n) is 15.3. The van der Waals surface area contributed by atoms with E-state index in [9.17, 15) is 0 Å². The Morgan fingerprint density at radius 1 is 0.308 bits per heavy atom. The summed E-state index contributed by atoms with van der Waals surface area (Å²) in [6.07, 6.45) is 0. The Morgan fingerprint density at radius 2 is 0.865 bits per heavy atom. The van der Waals surface area contributed by atoms with E-state index in [1.165, 1.54) is 104 Å². The van der Waals surface area contributed by atoms with E-state index < -0.39 is 0 Å². The van der Waals surface area contributed by atoms with E-state index in [-0.39, 0.29) is 5.41 Å². The minimum atomic E-state index is 0.00511. The van der Waals surface area contributed by atoms with Gasteiger partial charge in [0.05, 0.1) is 0 Å². The molecule has 52 heavy (non-hydrogen) atoms. The lowest BCUT2D eigenvalue weighted by Crippen LogP contribution is -2.10. The molecule has 0 aliphatic carbocycles. The smallest absolute Gasteiger partial charge is 0.00200 e. The van der Waals surface area contributed by atoms with Crippen molar-refractivity contribution in [2.24, 2.45) is 0 Å². The largest absolute Gasteiger partial charge is 0.0622 e. The summed E-state index contributed by atoms with van der Waals surface area (Å²) in [5.41, 5.74) is 11.4. The number of benzene rings is 10. The molecule has 0 unspecified atom stereocenters. The zero-order valence-electron chi connectivity index (χ0n) is 29.7. The molecule has 0 bridgehead atoms. The molecule has 10 aromatic carbocycles. The zero-order chi connectivity index (χ0) is 35.0. The van der Waals surface area contributed by atoms with Crippen molar-refractivity contribution >= 4 is 53.9 Å². The Kier molecular flexibility index (Phi) is 6.85. The number of rotatable bonds is 4. The van der Waals surface area contributed by atoms with Gasteiger partial charge in [0.1, 0.15) is 0 Å². The van der Waals surface area contributed by atoms with Gasteiger partial charge in [-0.3, -0.25) is 0 Å². The van der Waals surface area contributed by atoms with Crippen LogP contribution in [0.3, 0.4) is 0 Å². The summed E-state index contributed by atoms with van der Waals surface area (Å²) in [7, 11) is 0. The summed E-state index contributed by atoms with van der Waals surface area (Å²) >= 11 is 0. The third-order valence-electron chi connectivity index (χ3n) is 11.2. The molecule has 10 rings (SSSR count). The lowest BCUT2D eigenvalue weighted by Gasteiger charge is -2.24. The molecule has 0 atom stereocenters. The third kappa shape index (κ3) is 4.75. The van der Waals surface area contributed by atoms with Gasteiger partial charge in [0.2, 0.25) is 0 Å². The second-order valence-corrected chi connectivity index (χ2v) is 15.3. The van der Waals surface area contributed by atoms with Crippen molar-refractivity contribution in [3.05, 3.63) is 181 Å². The van der Waals surface area contributed by atoms with Crippen molar-refractivity contribution in [1.82, 2.24) is 0 Å². The fourth-order valence-electron chi connectivity index (χ4n) is 8.65. The molecule has 0 heteroatoms. The van der Waals surface area contributed by atoms with Crippen molar-refractivity contribution < 1.29 is 0 Å². The zero-order valence-corrected chi connectivity index (χ0v) is 29.7. The highest BCUT2D eigenvalue weighted by molar-refractivity contribution is 6.26. The fourth-order valence-corrected chi connectivity index (χ4v) is 8.65. The van der Waals surface area contributed by atoms with Crippen LogP contribution in [0, 0.1) is 0 Å². The molecule has 0 heterocycles. The molecular weight excluding hydrogens is 625 g/mol. The van der Waals surface area contributed by atoms with Gasteiger partial charge in [-0.25, -0.2) is 0 Å². The van der Waals surface area contributed by atoms with Gasteiger partial charge in [0, 0.05) is 0 Å². The van der Waals surface area contributed by atoms with Gasteiger partial charge in [-0.05, 0) is 121 Å². The lowest BCUT2D eigenvalue weighted by molar-refractivity contribution is 0.591. The van der Waals surface area contributed by atoms with Gasteiger partial charge < -0.3 is 0 Å². The van der Waals surface area contributed by atoms with Crippen LogP contribution in [0.1, 0.15) is 26.3 Å². The Hall–Kier alpha value is -6.24. The number of hydrogen-bond donors (Lipinski definition) is 0. The van der Waals surface area contributed by atoms with Gasteiger partial charge in [-0.1, -0.05) is 185 Å². The molecule has 0 nitrogen and oxygen atoms in total. The molecule has 0 aromatic heterocycles. The first-order chi connectivity index (χ1) is 25.4. The summed E-state index contributed by atoms with van der Waals surface area (Å²) in [6, 6.07) is 65.6. The van der Waals surface area contributed by atoms with Crippen LogP contribution in [0.5, 0.6) is 0 Å². The Labute approximate surface area is 305 Å². The average Bonchev–Trinajstić information content (AvgIpc) is 3.19. The molecule has 0 N–H and O–H groups in total. The van der Waals surface area contributed by atoms with E-state index in [1.807, 2.05) is 0 Å². The Balaban J connectivity index is 1.27. The highest BCUT2D eigenvalue weighted by Gasteiger charge is 2.22. The van der Waals surface area contributed by atoms with E-state index in [0.29, 0.717) is 0 Å². The predicted molar refractivity (Wildman–Crippen MR) is 226 cm³/mol. The maximum Gasteiger partial charge on any atom is -0.00200 e. The summed E-state index contributed by atoms with van der Waals surface area (Å²) in [6.45, 7) is 6.94. The number of hydrogen-bond acceptors (Lipinski definition) is 0. The molecule has 10 aromatic rings. The van der Waals surface area contributed by atoms with E-state index >= 15 is 0 Å². The third-order valence-corrected chi connectivity index (χ3v) is 11.2. The highest BCUT2D eigenvalue weighted by atomic mass is 14.3. The first-order valence-corrected chi connectivity index (χ1v) is 18.4. The first-order valence-electron chi connectivity index (χ1n) is 18.4. The molecule has 0 fully saturated rings. The highest BCUT2D eigenvalue weighted by Crippen LogP contribution is 2.48. The average molecular weight is 663 g/mol. The molecule has 0 aliphatic heterocycles. The molecule has 0 amide bonds. The maximum absolute atomic E-state index is 2.47. The van der Waals surface area contributed by atoms with Crippen molar-refractivity contribution in [2.75, 3.05) is 0 Å². The predicted octanol–water partition coefficient (Wildman–Crippen LogP) is 14.9. The molecule has 0 aliphatic rings. The van der Waals surface area contributed by atoms with Crippen LogP contribution < -0.4 is 0 Å². The lowest BCUT2D eigenvalue weighted by atomic mass is 9.80. The van der Waals surface area contributed by atoms with Crippen LogP contribution in [0.4, 0.5) is 0 Å². The standard InChI is InChI=1S/C52H38/c1-52(2,3)39-27-30-46-47(32-39)51(42-20-8-7-19-40(42)33-13-5-4-6-14-33)44-22-10-9-21-43(44)49(46)38-18-12-17-37(31-38)41-28-25-36-24-23-34-15-11-16-35-26-29-45(41)50(36)48(34)35/h4-32H,1-3H3. The summed E-state index contributed by atoms with van der Waals surface area (Å²) in [5, 5.41) is 13.0. The fraction of sp³-hybridized carbons (Fsp3) is 0.0769. The summed E-state index contributed by atoms with van der Waals surface area (Å²) < 4.78 is 0. The van der Waals surface area contributed by atoms with Crippen LogP contribution in [0.25, 0.3) is 98.4 Å². The molecule has 0 radical (unpaired) electrons. The normalized spacial score (nSPS) is 12.1. The Bertz CT molecular complexity index is 2960. The van der Waals surface area contributed by atoms with E-state index in [1.54, 1.807) is 0 Å². The van der Waals surface area contributed by atoms with Crippen molar-refractivity contribution in [3.8, 4) is 44.5 Å². The summed E-state index contributed by atoms with van der Waals surface area (Å²) in [5.74, 6) is 0. The molecule has 246 valence electrons. The van der Waals surface area contributed by atoms with Crippen molar-refractivity contribution in [3.63, 3.8) is 0 Å². The van der Waals surface area contributed by atoms with Gasteiger partial charge >= 0.3 is 0 Å². The van der Waals surface area contributed by atoms with E-state index in [0.717, 1.165) is 0 Å². The van der Waals surface area contributed by atoms with Gasteiger partial charge in [0.25, 0.3) is 0 Å². The molecular formula is C52H38. The maximum atomic E-state index is 2.47. The van der Waals surface area contributed by atoms with E-state index in [4.69, 9.17) is 0 Å². The Morgan fingerprint density at radius 3 is 1.63 bits per heavy atom. The van der Waals surface area contributed by atoms with Gasteiger partial charge in [0.15, 0.2) is 0 Å². The van der Waals surface area contributed by atoms with Gasteiger partial charge in [-0.2, -0.15) is 0 Å². The topological polar surface area (TPSA) is 0 Å². The summed E-state index contributed by atoms with van der Waals surface area (Å²) in [4.78, 5) is 0. The quantitative estimate of drug-likeness (QED) is 0.130. The number of fused-ring (bicyclic) bond motifs is 2. The minimum absolute atomic E-state index is 0.00511. The van der Waals surface area contributed by atoms with Crippen LogP contribution in [-0.4, -0.2) is 0 Å². The second kappa shape index (κ2) is 11.7. The van der Waals surface area contributed by atoms with Crippen LogP contribution in [0.15, 0.2) is 176 Å². The monoisotopic (exact) mass is 662 g/mol.